The molecule has 0 spiro atoms. The second kappa shape index (κ2) is 10.5. The van der Waals surface area contributed by atoms with Gasteiger partial charge in [0, 0.05) is 36.3 Å². The highest BCUT2D eigenvalue weighted by Gasteiger charge is 2.29. The Morgan fingerprint density at radius 3 is 2.59 bits per heavy atom. The zero-order valence-electron chi connectivity index (χ0n) is 17.9. The molecule has 2 aromatic carbocycles. The number of carbonyl (C=O) groups is 1. The molecule has 164 valence electrons. The van der Waals surface area contributed by atoms with E-state index < -0.39 is 0 Å². The Morgan fingerprint density at radius 2 is 1.91 bits per heavy atom. The van der Waals surface area contributed by atoms with E-state index >= 15 is 0 Å². The summed E-state index contributed by atoms with van der Waals surface area (Å²) in [5, 5.41) is 9.97. The summed E-state index contributed by atoms with van der Waals surface area (Å²) in [6.45, 7) is 3.31. The second-order valence-electron chi connectivity index (χ2n) is 8.15. The highest BCUT2D eigenvalue weighted by molar-refractivity contribution is 6.30. The Kier molecular flexibility index (Phi) is 7.26. The van der Waals surface area contributed by atoms with E-state index in [0.717, 1.165) is 49.7 Å². The molecule has 4 rings (SSSR count). The Morgan fingerprint density at radius 1 is 1.12 bits per heavy atom. The minimum absolute atomic E-state index is 0.0573. The van der Waals surface area contributed by atoms with Crippen molar-refractivity contribution < 1.29 is 9.21 Å². The van der Waals surface area contributed by atoms with Crippen LogP contribution in [-0.2, 0) is 13.0 Å². The van der Waals surface area contributed by atoms with Crippen molar-refractivity contribution in [1.29, 1.82) is 5.26 Å². The van der Waals surface area contributed by atoms with E-state index in [1.54, 1.807) is 30.5 Å². The van der Waals surface area contributed by atoms with Crippen LogP contribution in [0.2, 0.25) is 5.02 Å². The van der Waals surface area contributed by atoms with E-state index in [2.05, 4.69) is 23.1 Å². The highest BCUT2D eigenvalue weighted by Crippen LogP contribution is 2.23. The zero-order valence-corrected chi connectivity index (χ0v) is 18.7. The predicted octanol–water partition coefficient (Wildman–Crippen LogP) is 5.15. The third-order valence-electron chi connectivity index (χ3n) is 6.03. The standard InChI is InChI=1S/C26H26ClN3O2/c27-23-8-6-20(7-9-23)10-13-29-14-11-24(12-15-29)30(19-25-5-2-16-32-25)26(31)22-4-1-3-21(17-22)18-28/h1-9,16-17,24H,10-15,19H2. The smallest absolute Gasteiger partial charge is 0.254 e. The molecule has 1 aromatic heterocycles. The van der Waals surface area contributed by atoms with Crippen LogP contribution in [0.15, 0.2) is 71.3 Å². The summed E-state index contributed by atoms with van der Waals surface area (Å²) in [6, 6.07) is 20.9. The van der Waals surface area contributed by atoms with Crippen molar-refractivity contribution in [2.24, 2.45) is 0 Å². The maximum atomic E-state index is 13.4. The van der Waals surface area contributed by atoms with Crippen molar-refractivity contribution >= 4 is 17.5 Å². The molecule has 1 aliphatic heterocycles. The first-order valence-corrected chi connectivity index (χ1v) is 11.3. The monoisotopic (exact) mass is 447 g/mol. The SMILES string of the molecule is N#Cc1cccc(C(=O)N(Cc2ccco2)C2CCN(CCc3ccc(Cl)cc3)CC2)c1. The molecule has 3 aromatic rings. The van der Waals surface area contributed by atoms with Gasteiger partial charge in [0.15, 0.2) is 0 Å². The normalized spacial score (nSPS) is 14.8. The van der Waals surface area contributed by atoms with E-state index in [0.29, 0.717) is 17.7 Å². The molecule has 0 bridgehead atoms. The molecule has 2 heterocycles. The van der Waals surface area contributed by atoms with Gasteiger partial charge in [-0.25, -0.2) is 0 Å². The number of carbonyl (C=O) groups excluding carboxylic acids is 1. The number of furan rings is 1. The fourth-order valence-electron chi connectivity index (χ4n) is 4.22. The average molecular weight is 448 g/mol. The molecule has 5 nitrogen and oxygen atoms in total. The van der Waals surface area contributed by atoms with Gasteiger partial charge in [-0.3, -0.25) is 4.79 Å². The van der Waals surface area contributed by atoms with E-state index in [9.17, 15) is 10.1 Å². The van der Waals surface area contributed by atoms with Gasteiger partial charge in [0.2, 0.25) is 0 Å². The Balaban J connectivity index is 1.41. The van der Waals surface area contributed by atoms with Crippen molar-refractivity contribution in [2.75, 3.05) is 19.6 Å². The molecule has 0 aliphatic carbocycles. The number of nitriles is 1. The van der Waals surface area contributed by atoms with Crippen molar-refractivity contribution in [3.8, 4) is 6.07 Å². The summed E-state index contributed by atoms with van der Waals surface area (Å²) in [5.41, 5.74) is 2.31. The molecule has 1 aliphatic rings. The molecular weight excluding hydrogens is 422 g/mol. The molecule has 0 saturated carbocycles. The van der Waals surface area contributed by atoms with Crippen molar-refractivity contribution in [1.82, 2.24) is 9.80 Å². The van der Waals surface area contributed by atoms with Crippen LogP contribution in [0.4, 0.5) is 0 Å². The van der Waals surface area contributed by atoms with Gasteiger partial charge in [-0.2, -0.15) is 5.26 Å². The summed E-state index contributed by atoms with van der Waals surface area (Å²) in [7, 11) is 0. The van der Waals surface area contributed by atoms with Crippen LogP contribution in [-0.4, -0.2) is 41.4 Å². The number of halogens is 1. The van der Waals surface area contributed by atoms with E-state index in [-0.39, 0.29) is 11.9 Å². The highest BCUT2D eigenvalue weighted by atomic mass is 35.5. The van der Waals surface area contributed by atoms with Gasteiger partial charge in [-0.1, -0.05) is 29.8 Å². The first kappa shape index (κ1) is 22.1. The molecule has 0 unspecified atom stereocenters. The summed E-state index contributed by atoms with van der Waals surface area (Å²) < 4.78 is 5.54. The molecule has 0 atom stereocenters. The molecule has 0 radical (unpaired) electrons. The number of amides is 1. The van der Waals surface area contributed by atoms with E-state index in [4.69, 9.17) is 16.0 Å². The topological polar surface area (TPSA) is 60.5 Å². The molecule has 1 amide bonds. The lowest BCUT2D eigenvalue weighted by Crippen LogP contribution is -2.47. The van der Waals surface area contributed by atoms with Crippen LogP contribution in [0, 0.1) is 11.3 Å². The first-order valence-electron chi connectivity index (χ1n) is 10.9. The Bertz CT molecular complexity index is 1070. The van der Waals surface area contributed by atoms with Crippen LogP contribution in [0.3, 0.4) is 0 Å². The van der Waals surface area contributed by atoms with Gasteiger partial charge in [-0.05, 0) is 67.3 Å². The quantitative estimate of drug-likeness (QED) is 0.502. The third kappa shape index (κ3) is 5.59. The zero-order chi connectivity index (χ0) is 22.3. The van der Waals surface area contributed by atoms with Gasteiger partial charge in [0.05, 0.1) is 24.4 Å². The number of hydrogen-bond donors (Lipinski definition) is 0. The lowest BCUT2D eigenvalue weighted by Gasteiger charge is -2.38. The summed E-state index contributed by atoms with van der Waals surface area (Å²) in [6.07, 6.45) is 4.43. The van der Waals surface area contributed by atoms with Gasteiger partial charge >= 0.3 is 0 Å². The van der Waals surface area contributed by atoms with Crippen LogP contribution >= 0.6 is 11.6 Å². The number of benzene rings is 2. The molecule has 1 saturated heterocycles. The van der Waals surface area contributed by atoms with Crippen LogP contribution in [0.1, 0.15) is 40.1 Å². The van der Waals surface area contributed by atoms with Gasteiger partial charge < -0.3 is 14.2 Å². The fourth-order valence-corrected chi connectivity index (χ4v) is 4.34. The van der Waals surface area contributed by atoms with Crippen molar-refractivity contribution in [2.45, 2.75) is 31.8 Å². The maximum Gasteiger partial charge on any atom is 0.254 e. The van der Waals surface area contributed by atoms with Crippen LogP contribution in [0.25, 0.3) is 0 Å². The number of hydrogen-bond acceptors (Lipinski definition) is 4. The predicted molar refractivity (Wildman–Crippen MR) is 124 cm³/mol. The van der Waals surface area contributed by atoms with Crippen LogP contribution < -0.4 is 0 Å². The molecule has 1 fully saturated rings. The average Bonchev–Trinajstić information content (AvgIpc) is 3.36. The number of likely N-dealkylation sites (tertiary alicyclic amines) is 1. The van der Waals surface area contributed by atoms with Crippen molar-refractivity contribution in [3.63, 3.8) is 0 Å². The summed E-state index contributed by atoms with van der Waals surface area (Å²) in [5.74, 6) is 0.707. The number of nitrogens with zero attached hydrogens (tertiary/aromatic N) is 3. The Hall–Kier alpha value is -3.07. The fraction of sp³-hybridized carbons (Fsp3) is 0.308. The largest absolute Gasteiger partial charge is 0.467 e. The van der Waals surface area contributed by atoms with E-state index in [1.165, 1.54) is 5.56 Å². The minimum Gasteiger partial charge on any atom is -0.467 e. The lowest BCUT2D eigenvalue weighted by molar-refractivity contribution is 0.0532. The summed E-state index contributed by atoms with van der Waals surface area (Å²) >= 11 is 5.98. The Labute approximate surface area is 193 Å². The second-order valence-corrected chi connectivity index (χ2v) is 8.59. The van der Waals surface area contributed by atoms with E-state index in [1.807, 2.05) is 29.2 Å². The van der Waals surface area contributed by atoms with Crippen LogP contribution in [0.5, 0.6) is 0 Å². The third-order valence-corrected chi connectivity index (χ3v) is 6.29. The first-order chi connectivity index (χ1) is 15.6. The number of piperidine rings is 1. The molecule has 32 heavy (non-hydrogen) atoms. The van der Waals surface area contributed by atoms with Gasteiger partial charge in [0.1, 0.15) is 5.76 Å². The summed E-state index contributed by atoms with van der Waals surface area (Å²) in [4.78, 5) is 17.8. The van der Waals surface area contributed by atoms with Crippen molar-refractivity contribution in [3.05, 3.63) is 94.4 Å². The van der Waals surface area contributed by atoms with Gasteiger partial charge in [0.25, 0.3) is 5.91 Å². The number of rotatable bonds is 7. The minimum atomic E-state index is -0.0573. The van der Waals surface area contributed by atoms with Gasteiger partial charge in [-0.15, -0.1) is 0 Å². The lowest BCUT2D eigenvalue weighted by atomic mass is 10.0. The molecular formula is C26H26ClN3O2. The maximum absolute atomic E-state index is 13.4. The molecule has 0 N–H and O–H groups in total. The molecule has 6 heteroatoms.